The van der Waals surface area contributed by atoms with Gasteiger partial charge in [0.15, 0.2) is 0 Å². The molecule has 0 fully saturated rings. The average Bonchev–Trinajstić information content (AvgIpc) is 3.31. The molecule has 0 saturated carbocycles. The van der Waals surface area contributed by atoms with Gasteiger partial charge in [-0.05, 0) is 24.5 Å². The van der Waals surface area contributed by atoms with Crippen LogP contribution in [0.25, 0.3) is 22.0 Å². The van der Waals surface area contributed by atoms with Crippen molar-refractivity contribution in [3.05, 3.63) is 39.8 Å². The molecule has 1 aliphatic heterocycles. The molecular formula is C23H25Cl2N3O5. The first-order valence-electron chi connectivity index (χ1n) is 10.6. The number of fused-ring (bicyclic) bond motifs is 2. The minimum absolute atomic E-state index is 0.214. The summed E-state index contributed by atoms with van der Waals surface area (Å²) >= 11 is 13.0. The Labute approximate surface area is 201 Å². The number of carbonyl (C=O) groups excluding carboxylic acids is 2. The van der Waals surface area contributed by atoms with Crippen LogP contribution in [0.1, 0.15) is 40.8 Å². The maximum atomic E-state index is 12.8. The lowest BCUT2D eigenvalue weighted by atomic mass is 9.98. The van der Waals surface area contributed by atoms with Crippen LogP contribution in [0.5, 0.6) is 0 Å². The number of aryl methyl sites for hydroxylation is 2. The van der Waals surface area contributed by atoms with E-state index in [-0.39, 0.29) is 18.5 Å². The quantitative estimate of drug-likeness (QED) is 0.278. The van der Waals surface area contributed by atoms with Gasteiger partial charge in [0.05, 0.1) is 61.3 Å². The van der Waals surface area contributed by atoms with Crippen molar-refractivity contribution in [2.75, 3.05) is 20.3 Å². The Balaban J connectivity index is 1.95. The van der Waals surface area contributed by atoms with Crippen LogP contribution in [0.3, 0.4) is 0 Å². The molecule has 3 aromatic rings. The van der Waals surface area contributed by atoms with E-state index in [1.54, 1.807) is 0 Å². The van der Waals surface area contributed by atoms with Crippen LogP contribution < -0.4 is 0 Å². The van der Waals surface area contributed by atoms with Crippen molar-refractivity contribution >= 4 is 46.0 Å². The van der Waals surface area contributed by atoms with E-state index in [9.17, 15) is 9.59 Å². The minimum Gasteiger partial charge on any atom is -0.466 e. The summed E-state index contributed by atoms with van der Waals surface area (Å²) in [4.78, 5) is 23.9. The number of nitrogens with zero attached hydrogens (tertiary/aromatic N) is 3. The van der Waals surface area contributed by atoms with E-state index in [2.05, 4.69) is 5.10 Å². The average molecular weight is 494 g/mol. The zero-order chi connectivity index (χ0) is 23.7. The van der Waals surface area contributed by atoms with E-state index < -0.39 is 5.97 Å². The molecule has 0 amide bonds. The highest BCUT2D eigenvalue weighted by Crippen LogP contribution is 2.43. The van der Waals surface area contributed by atoms with Gasteiger partial charge < -0.3 is 18.8 Å². The number of ether oxygens (including phenoxy) is 3. The van der Waals surface area contributed by atoms with Crippen molar-refractivity contribution in [2.24, 2.45) is 7.05 Å². The molecular weight excluding hydrogens is 469 g/mol. The van der Waals surface area contributed by atoms with Crippen LogP contribution in [0.4, 0.5) is 0 Å². The molecule has 1 aliphatic rings. The lowest BCUT2D eigenvalue weighted by Gasteiger charge is -2.17. The van der Waals surface area contributed by atoms with Gasteiger partial charge in [0.2, 0.25) is 0 Å². The third-order valence-corrected chi connectivity index (χ3v) is 6.43. The van der Waals surface area contributed by atoms with Gasteiger partial charge in [-0.15, -0.1) is 11.6 Å². The predicted octanol–water partition coefficient (Wildman–Crippen LogP) is 4.25. The Morgan fingerprint density at radius 1 is 1.27 bits per heavy atom. The molecule has 0 bridgehead atoms. The van der Waals surface area contributed by atoms with E-state index in [1.165, 1.54) is 14.0 Å². The standard InChI is InChI=1S/C23H25Cl2N3O5/c1-13(29)33-9-4-5-14-15-6-7-16(25)19(21(15)27(2)22(14)23(30)31-3)20-17(11-24)26-28-8-10-32-12-18(20)28/h6-7H,4-5,8-12H2,1-3H3. The van der Waals surface area contributed by atoms with Crippen molar-refractivity contribution in [1.82, 2.24) is 14.3 Å². The number of alkyl halides is 1. The predicted molar refractivity (Wildman–Crippen MR) is 125 cm³/mol. The van der Waals surface area contributed by atoms with Crippen molar-refractivity contribution in [3.63, 3.8) is 0 Å². The van der Waals surface area contributed by atoms with Gasteiger partial charge in [0.25, 0.3) is 0 Å². The summed E-state index contributed by atoms with van der Waals surface area (Å²) in [7, 11) is 3.17. The minimum atomic E-state index is -0.448. The van der Waals surface area contributed by atoms with Crippen molar-refractivity contribution < 1.29 is 23.8 Å². The molecule has 0 saturated heterocycles. The number of hydrogen-bond acceptors (Lipinski definition) is 6. The number of benzene rings is 1. The zero-order valence-corrected chi connectivity index (χ0v) is 20.3. The molecule has 33 heavy (non-hydrogen) atoms. The van der Waals surface area contributed by atoms with E-state index in [0.29, 0.717) is 49.0 Å². The molecule has 0 radical (unpaired) electrons. The van der Waals surface area contributed by atoms with Gasteiger partial charge >= 0.3 is 11.9 Å². The number of halogens is 2. The molecule has 2 aromatic heterocycles. The SMILES string of the molecule is COC(=O)c1c(CCCOC(C)=O)c2ccc(Cl)c(-c3c(CCl)nn4c3COCC4)c2n1C. The molecule has 0 N–H and O–H groups in total. The monoisotopic (exact) mass is 493 g/mol. The second-order valence-corrected chi connectivity index (χ2v) is 8.49. The Morgan fingerprint density at radius 3 is 2.76 bits per heavy atom. The van der Waals surface area contributed by atoms with E-state index in [1.807, 2.05) is 28.4 Å². The third-order valence-electron chi connectivity index (χ3n) is 5.86. The number of methoxy groups -OCH3 is 1. The molecule has 0 aliphatic carbocycles. The molecule has 0 unspecified atom stereocenters. The molecule has 4 rings (SSSR count). The first-order chi connectivity index (χ1) is 15.9. The summed E-state index contributed by atoms with van der Waals surface area (Å²) in [6, 6.07) is 3.73. The highest BCUT2D eigenvalue weighted by molar-refractivity contribution is 6.35. The summed E-state index contributed by atoms with van der Waals surface area (Å²) in [6.45, 7) is 3.25. The second-order valence-electron chi connectivity index (χ2n) is 7.82. The highest BCUT2D eigenvalue weighted by Gasteiger charge is 2.29. The van der Waals surface area contributed by atoms with Crippen LogP contribution >= 0.6 is 23.2 Å². The summed E-state index contributed by atoms with van der Waals surface area (Å²) in [5.74, 6) is -0.570. The molecule has 10 heteroatoms. The third kappa shape index (κ3) is 4.23. The number of rotatable bonds is 7. The number of esters is 2. The Morgan fingerprint density at radius 2 is 2.06 bits per heavy atom. The van der Waals surface area contributed by atoms with Gasteiger partial charge in [-0.3, -0.25) is 9.48 Å². The molecule has 3 heterocycles. The highest BCUT2D eigenvalue weighted by atomic mass is 35.5. The fourth-order valence-electron chi connectivity index (χ4n) is 4.50. The van der Waals surface area contributed by atoms with E-state index >= 15 is 0 Å². The summed E-state index contributed by atoms with van der Waals surface area (Å²) in [6.07, 6.45) is 1.08. The van der Waals surface area contributed by atoms with Gasteiger partial charge in [-0.2, -0.15) is 5.10 Å². The lowest BCUT2D eigenvalue weighted by molar-refractivity contribution is -0.141. The van der Waals surface area contributed by atoms with Gasteiger partial charge in [0.1, 0.15) is 5.69 Å². The summed E-state index contributed by atoms with van der Waals surface area (Å²) in [5.41, 5.74) is 5.25. The Hall–Kier alpha value is -2.55. The zero-order valence-electron chi connectivity index (χ0n) is 18.7. The van der Waals surface area contributed by atoms with Gasteiger partial charge in [-0.25, -0.2) is 4.79 Å². The molecule has 0 atom stereocenters. The first kappa shape index (κ1) is 23.6. The lowest BCUT2D eigenvalue weighted by Crippen LogP contribution is -2.17. The summed E-state index contributed by atoms with van der Waals surface area (Å²) in [5, 5.41) is 6.08. The number of hydrogen-bond donors (Lipinski definition) is 0. The normalized spacial score (nSPS) is 13.2. The summed E-state index contributed by atoms with van der Waals surface area (Å²) < 4.78 is 19.6. The van der Waals surface area contributed by atoms with Gasteiger partial charge in [-0.1, -0.05) is 17.7 Å². The van der Waals surface area contributed by atoms with Gasteiger partial charge in [0, 0.05) is 30.5 Å². The largest absolute Gasteiger partial charge is 0.466 e. The van der Waals surface area contributed by atoms with E-state index in [0.717, 1.165) is 33.3 Å². The molecule has 0 spiro atoms. The van der Waals surface area contributed by atoms with E-state index in [4.69, 9.17) is 37.4 Å². The topological polar surface area (TPSA) is 84.6 Å². The Kier molecular flexibility index (Phi) is 6.97. The van der Waals surface area contributed by atoms with Crippen LogP contribution in [0, 0.1) is 0 Å². The smallest absolute Gasteiger partial charge is 0.354 e. The van der Waals surface area contributed by atoms with Crippen LogP contribution in [-0.4, -0.2) is 46.6 Å². The first-order valence-corrected chi connectivity index (χ1v) is 11.5. The number of aromatic nitrogens is 3. The van der Waals surface area contributed by atoms with Crippen LogP contribution in [-0.2, 0) is 51.5 Å². The molecule has 1 aromatic carbocycles. The molecule has 176 valence electrons. The maximum absolute atomic E-state index is 12.8. The second kappa shape index (κ2) is 9.75. The van der Waals surface area contributed by atoms with Crippen molar-refractivity contribution in [1.29, 1.82) is 0 Å². The van der Waals surface area contributed by atoms with Crippen molar-refractivity contribution in [3.8, 4) is 11.1 Å². The van der Waals surface area contributed by atoms with Crippen molar-refractivity contribution in [2.45, 2.75) is 38.8 Å². The number of carbonyl (C=O) groups is 2. The molecule has 8 nitrogen and oxygen atoms in total. The van der Waals surface area contributed by atoms with Crippen LogP contribution in [0.2, 0.25) is 5.02 Å². The fourth-order valence-corrected chi connectivity index (χ4v) is 4.93. The maximum Gasteiger partial charge on any atom is 0.354 e. The fraction of sp³-hybridized carbons (Fsp3) is 0.435. The Bertz CT molecular complexity index is 1230. The van der Waals surface area contributed by atoms with Crippen LogP contribution in [0.15, 0.2) is 12.1 Å².